The van der Waals surface area contributed by atoms with Crippen LogP contribution < -0.4 is 16.0 Å². The fraction of sp³-hybridized carbons (Fsp3) is 0.714. The second kappa shape index (κ2) is 9.69. The molecule has 0 saturated carbocycles. The van der Waals surface area contributed by atoms with E-state index in [4.69, 9.17) is 10.6 Å². The van der Waals surface area contributed by atoms with E-state index in [1.807, 2.05) is 6.07 Å². The number of hydrogen-bond donors (Lipinski definition) is 2. The zero-order valence-electron chi connectivity index (χ0n) is 12.1. The molecule has 1 heterocycles. The Morgan fingerprint density at radius 2 is 1.95 bits per heavy atom. The summed E-state index contributed by atoms with van der Waals surface area (Å²) in [5.74, 6) is 6.18. The van der Waals surface area contributed by atoms with E-state index in [9.17, 15) is 0 Å². The normalized spacial score (nSPS) is 12.4. The van der Waals surface area contributed by atoms with Gasteiger partial charge in [-0.15, -0.1) is 0 Å². The van der Waals surface area contributed by atoms with Gasteiger partial charge in [0.1, 0.15) is 6.33 Å². The summed E-state index contributed by atoms with van der Waals surface area (Å²) in [5, 5.41) is 0. The molecule has 0 spiro atoms. The van der Waals surface area contributed by atoms with Crippen LogP contribution in [0.2, 0.25) is 0 Å². The lowest BCUT2D eigenvalue weighted by atomic mass is 10.0. The van der Waals surface area contributed by atoms with Crippen LogP contribution in [0.1, 0.15) is 63.6 Å². The largest absolute Gasteiger partial charge is 0.481 e. The summed E-state index contributed by atoms with van der Waals surface area (Å²) in [6, 6.07) is 1.91. The Balaban J connectivity index is 2.35. The Morgan fingerprint density at radius 3 is 2.63 bits per heavy atom. The van der Waals surface area contributed by atoms with Gasteiger partial charge in [0, 0.05) is 6.07 Å². The third-order valence-electron chi connectivity index (χ3n) is 3.28. The first-order valence-electron chi connectivity index (χ1n) is 7.13. The Morgan fingerprint density at radius 1 is 1.21 bits per heavy atom. The van der Waals surface area contributed by atoms with Gasteiger partial charge in [0.15, 0.2) is 0 Å². The number of unbranched alkanes of at least 4 members (excludes halogenated alkanes) is 5. The molecule has 0 aliphatic rings. The maximum absolute atomic E-state index is 5.61. The van der Waals surface area contributed by atoms with Gasteiger partial charge in [-0.25, -0.2) is 9.97 Å². The minimum absolute atomic E-state index is 0.0723. The average Bonchev–Trinajstić information content (AvgIpc) is 2.46. The van der Waals surface area contributed by atoms with Gasteiger partial charge in [0.05, 0.1) is 18.8 Å². The Bertz CT molecular complexity index is 346. The third kappa shape index (κ3) is 5.98. The van der Waals surface area contributed by atoms with Crippen LogP contribution in [0.5, 0.6) is 5.88 Å². The van der Waals surface area contributed by atoms with Gasteiger partial charge in [0.2, 0.25) is 5.88 Å². The molecule has 1 atom stereocenters. The smallest absolute Gasteiger partial charge is 0.216 e. The number of rotatable bonds is 10. The van der Waals surface area contributed by atoms with Gasteiger partial charge in [-0.05, 0) is 6.42 Å². The molecule has 0 aromatic carbocycles. The van der Waals surface area contributed by atoms with Crippen molar-refractivity contribution >= 4 is 0 Å². The molecule has 5 heteroatoms. The minimum Gasteiger partial charge on any atom is -0.481 e. The molecule has 1 unspecified atom stereocenters. The predicted molar refractivity (Wildman–Crippen MR) is 76.6 cm³/mol. The molecular weight excluding hydrogens is 240 g/mol. The lowest BCUT2D eigenvalue weighted by Gasteiger charge is -2.15. The number of hydrazine groups is 1. The van der Waals surface area contributed by atoms with E-state index in [1.165, 1.54) is 38.4 Å². The first kappa shape index (κ1) is 15.9. The molecule has 1 aromatic heterocycles. The molecule has 1 aromatic rings. The van der Waals surface area contributed by atoms with Gasteiger partial charge in [-0.2, -0.15) is 0 Å². The van der Waals surface area contributed by atoms with Crippen molar-refractivity contribution in [3.63, 3.8) is 0 Å². The van der Waals surface area contributed by atoms with Crippen LogP contribution in [0, 0.1) is 0 Å². The van der Waals surface area contributed by atoms with Gasteiger partial charge < -0.3 is 4.74 Å². The molecule has 0 fully saturated rings. The van der Waals surface area contributed by atoms with E-state index in [0.29, 0.717) is 5.88 Å². The standard InChI is InChI=1S/C14H26N4O/c1-3-4-5-6-7-8-9-12(18-15)13-10-14(19-2)17-11-16-13/h10-12,18H,3-9,15H2,1-2H3. The fourth-order valence-electron chi connectivity index (χ4n) is 2.10. The van der Waals surface area contributed by atoms with Crippen LogP contribution in [0.15, 0.2) is 12.4 Å². The Hall–Kier alpha value is -1.20. The van der Waals surface area contributed by atoms with E-state index in [2.05, 4.69) is 22.3 Å². The van der Waals surface area contributed by atoms with E-state index < -0.39 is 0 Å². The van der Waals surface area contributed by atoms with Crippen LogP contribution in [-0.2, 0) is 0 Å². The van der Waals surface area contributed by atoms with Crippen LogP contribution in [0.3, 0.4) is 0 Å². The lowest BCUT2D eigenvalue weighted by Crippen LogP contribution is -2.28. The lowest BCUT2D eigenvalue weighted by molar-refractivity contribution is 0.392. The van der Waals surface area contributed by atoms with E-state index in [0.717, 1.165) is 18.5 Å². The minimum atomic E-state index is 0.0723. The van der Waals surface area contributed by atoms with Crippen LogP contribution in [0.25, 0.3) is 0 Å². The van der Waals surface area contributed by atoms with Crippen LogP contribution >= 0.6 is 0 Å². The quantitative estimate of drug-likeness (QED) is 0.387. The molecule has 1 rings (SSSR count). The molecule has 0 bridgehead atoms. The summed E-state index contributed by atoms with van der Waals surface area (Å²) in [7, 11) is 1.60. The summed E-state index contributed by atoms with van der Waals surface area (Å²) in [6.45, 7) is 2.23. The van der Waals surface area contributed by atoms with Crippen molar-refractivity contribution in [3.05, 3.63) is 18.1 Å². The zero-order valence-corrected chi connectivity index (χ0v) is 12.1. The monoisotopic (exact) mass is 266 g/mol. The summed E-state index contributed by atoms with van der Waals surface area (Å²) in [5.41, 5.74) is 3.72. The molecule has 0 aliphatic carbocycles. The Labute approximate surface area is 115 Å². The van der Waals surface area contributed by atoms with E-state index >= 15 is 0 Å². The first-order chi connectivity index (χ1) is 9.31. The molecule has 3 N–H and O–H groups in total. The predicted octanol–water partition coefficient (Wildman–Crippen LogP) is 2.74. The van der Waals surface area contributed by atoms with Crippen molar-refractivity contribution < 1.29 is 4.74 Å². The maximum atomic E-state index is 5.61. The molecule has 19 heavy (non-hydrogen) atoms. The zero-order chi connectivity index (χ0) is 13.9. The summed E-state index contributed by atoms with van der Waals surface area (Å²) < 4.78 is 5.10. The highest BCUT2D eigenvalue weighted by Crippen LogP contribution is 2.20. The second-order valence-corrected chi connectivity index (χ2v) is 4.76. The maximum Gasteiger partial charge on any atom is 0.216 e. The van der Waals surface area contributed by atoms with Crippen molar-refractivity contribution in [2.24, 2.45) is 5.84 Å². The third-order valence-corrected chi connectivity index (χ3v) is 3.28. The van der Waals surface area contributed by atoms with Gasteiger partial charge >= 0.3 is 0 Å². The van der Waals surface area contributed by atoms with Gasteiger partial charge in [0.25, 0.3) is 0 Å². The number of nitrogens with one attached hydrogen (secondary N) is 1. The summed E-state index contributed by atoms with van der Waals surface area (Å²) in [4.78, 5) is 8.26. The van der Waals surface area contributed by atoms with Crippen molar-refractivity contribution in [1.29, 1.82) is 0 Å². The fourth-order valence-corrected chi connectivity index (χ4v) is 2.10. The highest BCUT2D eigenvalue weighted by Gasteiger charge is 2.11. The number of nitrogens with zero attached hydrogens (tertiary/aromatic N) is 2. The number of nitrogens with two attached hydrogens (primary N) is 1. The van der Waals surface area contributed by atoms with E-state index in [-0.39, 0.29) is 6.04 Å². The Kier molecular flexibility index (Phi) is 8.09. The van der Waals surface area contributed by atoms with E-state index in [1.54, 1.807) is 7.11 Å². The van der Waals surface area contributed by atoms with Crippen LogP contribution in [-0.4, -0.2) is 17.1 Å². The summed E-state index contributed by atoms with van der Waals surface area (Å²) >= 11 is 0. The van der Waals surface area contributed by atoms with Gasteiger partial charge in [-0.1, -0.05) is 45.4 Å². The van der Waals surface area contributed by atoms with Crippen LogP contribution in [0.4, 0.5) is 0 Å². The highest BCUT2D eigenvalue weighted by molar-refractivity contribution is 5.16. The average molecular weight is 266 g/mol. The SMILES string of the molecule is CCCCCCCCC(NN)c1cc(OC)ncn1. The van der Waals surface area contributed by atoms with Crippen molar-refractivity contribution in [2.45, 2.75) is 57.9 Å². The molecule has 0 radical (unpaired) electrons. The highest BCUT2D eigenvalue weighted by atomic mass is 16.5. The van der Waals surface area contributed by atoms with Crippen molar-refractivity contribution in [2.75, 3.05) is 7.11 Å². The number of methoxy groups -OCH3 is 1. The van der Waals surface area contributed by atoms with Gasteiger partial charge in [-0.3, -0.25) is 11.3 Å². The first-order valence-corrected chi connectivity index (χ1v) is 7.13. The molecule has 0 saturated heterocycles. The molecule has 0 amide bonds. The topological polar surface area (TPSA) is 73.1 Å². The van der Waals surface area contributed by atoms with Crippen molar-refractivity contribution in [3.8, 4) is 5.88 Å². The second-order valence-electron chi connectivity index (χ2n) is 4.76. The number of hydrogen-bond acceptors (Lipinski definition) is 5. The molecular formula is C14H26N4O. The van der Waals surface area contributed by atoms with Crippen molar-refractivity contribution in [1.82, 2.24) is 15.4 Å². The summed E-state index contributed by atoms with van der Waals surface area (Å²) in [6.07, 6.45) is 10.2. The molecule has 5 nitrogen and oxygen atoms in total. The molecule has 0 aliphatic heterocycles. The number of ether oxygens (including phenoxy) is 1. The molecule has 108 valence electrons. The number of aromatic nitrogens is 2.